The highest BCUT2D eigenvalue weighted by Gasteiger charge is 2.41. The molecule has 1 saturated heterocycles. The largest absolute Gasteiger partial charge is 0.493 e. The smallest absolute Gasteiger partial charge is 0.278 e. The molecule has 2 amide bonds. The SMILES string of the molecule is C=CCN1C(=O)C(c2ccc(OCC(C)C)cc2)=C(N2CCN(C)CC2)C1=O. The van der Waals surface area contributed by atoms with Gasteiger partial charge in [-0.05, 0) is 30.7 Å². The average molecular weight is 383 g/mol. The van der Waals surface area contributed by atoms with Crippen LogP contribution in [0.4, 0.5) is 0 Å². The van der Waals surface area contributed by atoms with Gasteiger partial charge >= 0.3 is 0 Å². The van der Waals surface area contributed by atoms with Crippen LogP contribution in [0, 0.1) is 5.92 Å². The Bertz CT molecular complexity index is 775. The zero-order valence-corrected chi connectivity index (χ0v) is 17.0. The third-order valence-corrected chi connectivity index (χ3v) is 5.00. The number of imide groups is 1. The van der Waals surface area contributed by atoms with Crippen molar-refractivity contribution in [3.05, 3.63) is 48.2 Å². The standard InChI is InChI=1S/C22H29N3O3/c1-5-10-25-21(26)19(17-6-8-18(9-7-17)28-15-16(2)3)20(22(25)27)24-13-11-23(4)12-14-24/h5-9,16H,1,10-15H2,2-4H3. The summed E-state index contributed by atoms with van der Waals surface area (Å²) in [6.45, 7) is 11.9. The molecule has 2 heterocycles. The van der Waals surface area contributed by atoms with E-state index in [4.69, 9.17) is 4.74 Å². The molecule has 2 aliphatic heterocycles. The summed E-state index contributed by atoms with van der Waals surface area (Å²) >= 11 is 0. The van der Waals surface area contributed by atoms with Gasteiger partial charge in [-0.25, -0.2) is 0 Å². The summed E-state index contributed by atoms with van der Waals surface area (Å²) < 4.78 is 5.74. The van der Waals surface area contributed by atoms with Crippen molar-refractivity contribution in [2.24, 2.45) is 5.92 Å². The van der Waals surface area contributed by atoms with Gasteiger partial charge in [0.2, 0.25) is 0 Å². The van der Waals surface area contributed by atoms with Crippen molar-refractivity contribution in [2.75, 3.05) is 46.4 Å². The Kier molecular flexibility index (Phi) is 6.19. The highest BCUT2D eigenvalue weighted by atomic mass is 16.5. The fraction of sp³-hybridized carbons (Fsp3) is 0.455. The molecule has 0 saturated carbocycles. The molecule has 1 aromatic rings. The molecule has 0 atom stereocenters. The van der Waals surface area contributed by atoms with Crippen molar-refractivity contribution in [3.8, 4) is 5.75 Å². The number of nitrogens with zero attached hydrogens (tertiary/aromatic N) is 3. The van der Waals surface area contributed by atoms with Crippen LogP contribution in [0.1, 0.15) is 19.4 Å². The normalized spacial score (nSPS) is 18.4. The predicted octanol–water partition coefficient (Wildman–Crippen LogP) is 2.23. The summed E-state index contributed by atoms with van der Waals surface area (Å²) in [7, 11) is 2.06. The first-order chi connectivity index (χ1) is 13.4. The number of benzene rings is 1. The second kappa shape index (κ2) is 8.61. The van der Waals surface area contributed by atoms with Gasteiger partial charge in [-0.3, -0.25) is 14.5 Å². The van der Waals surface area contributed by atoms with Crippen LogP contribution in [0.25, 0.3) is 5.57 Å². The third kappa shape index (κ3) is 4.12. The van der Waals surface area contributed by atoms with Crippen LogP contribution in [0.3, 0.4) is 0 Å². The van der Waals surface area contributed by atoms with Gasteiger partial charge in [0.05, 0.1) is 12.2 Å². The summed E-state index contributed by atoms with van der Waals surface area (Å²) in [5.41, 5.74) is 1.73. The van der Waals surface area contributed by atoms with E-state index in [2.05, 4.69) is 32.4 Å². The van der Waals surface area contributed by atoms with Crippen molar-refractivity contribution in [1.29, 1.82) is 0 Å². The molecule has 0 N–H and O–H groups in total. The van der Waals surface area contributed by atoms with Crippen LogP contribution >= 0.6 is 0 Å². The lowest BCUT2D eigenvalue weighted by atomic mass is 10.0. The van der Waals surface area contributed by atoms with Gasteiger partial charge in [0.15, 0.2) is 0 Å². The maximum absolute atomic E-state index is 13.1. The average Bonchev–Trinajstić information content (AvgIpc) is 2.92. The molecule has 150 valence electrons. The third-order valence-electron chi connectivity index (χ3n) is 5.00. The van der Waals surface area contributed by atoms with Crippen molar-refractivity contribution >= 4 is 17.4 Å². The van der Waals surface area contributed by atoms with E-state index < -0.39 is 0 Å². The van der Waals surface area contributed by atoms with Crippen molar-refractivity contribution < 1.29 is 14.3 Å². The second-order valence-corrected chi connectivity index (χ2v) is 7.75. The quantitative estimate of drug-likeness (QED) is 0.534. The van der Waals surface area contributed by atoms with Gasteiger partial charge in [-0.15, -0.1) is 6.58 Å². The van der Waals surface area contributed by atoms with Gasteiger partial charge in [-0.2, -0.15) is 0 Å². The molecule has 0 bridgehead atoms. The molecule has 6 nitrogen and oxygen atoms in total. The van der Waals surface area contributed by atoms with E-state index in [-0.39, 0.29) is 18.4 Å². The van der Waals surface area contributed by atoms with Crippen LogP contribution in [-0.4, -0.2) is 72.9 Å². The number of amides is 2. The number of piperazine rings is 1. The van der Waals surface area contributed by atoms with Gasteiger partial charge < -0.3 is 14.5 Å². The number of likely N-dealkylation sites (N-methyl/N-ethyl adjacent to an activating group) is 1. The van der Waals surface area contributed by atoms with E-state index >= 15 is 0 Å². The Balaban J connectivity index is 1.93. The number of hydrogen-bond acceptors (Lipinski definition) is 5. The van der Waals surface area contributed by atoms with E-state index in [1.807, 2.05) is 29.2 Å². The number of ether oxygens (including phenoxy) is 1. The summed E-state index contributed by atoms with van der Waals surface area (Å²) in [5.74, 6) is 0.714. The summed E-state index contributed by atoms with van der Waals surface area (Å²) in [6.07, 6.45) is 1.59. The van der Waals surface area contributed by atoms with Crippen LogP contribution in [0.2, 0.25) is 0 Å². The van der Waals surface area contributed by atoms with Gasteiger partial charge in [-0.1, -0.05) is 32.1 Å². The Morgan fingerprint density at radius 3 is 2.29 bits per heavy atom. The number of rotatable bonds is 7. The van der Waals surface area contributed by atoms with E-state index in [0.717, 1.165) is 37.5 Å². The minimum atomic E-state index is -0.255. The molecule has 0 radical (unpaired) electrons. The number of hydrogen-bond donors (Lipinski definition) is 0. The first-order valence-electron chi connectivity index (χ1n) is 9.80. The van der Waals surface area contributed by atoms with Crippen LogP contribution in [-0.2, 0) is 9.59 Å². The maximum Gasteiger partial charge on any atom is 0.278 e. The van der Waals surface area contributed by atoms with E-state index in [1.165, 1.54) is 4.90 Å². The lowest BCUT2D eigenvalue weighted by molar-refractivity contribution is -0.137. The molecular formula is C22H29N3O3. The highest BCUT2D eigenvalue weighted by molar-refractivity contribution is 6.35. The van der Waals surface area contributed by atoms with Crippen LogP contribution < -0.4 is 4.74 Å². The molecule has 3 rings (SSSR count). The molecule has 6 heteroatoms. The van der Waals surface area contributed by atoms with Crippen LogP contribution in [0.15, 0.2) is 42.6 Å². The van der Waals surface area contributed by atoms with Crippen LogP contribution in [0.5, 0.6) is 5.75 Å². The van der Waals surface area contributed by atoms with Crippen molar-refractivity contribution in [3.63, 3.8) is 0 Å². The zero-order valence-electron chi connectivity index (χ0n) is 17.0. The molecular weight excluding hydrogens is 354 g/mol. The van der Waals surface area contributed by atoms with Gasteiger partial charge in [0.25, 0.3) is 11.8 Å². The minimum Gasteiger partial charge on any atom is -0.493 e. The Morgan fingerprint density at radius 1 is 1.07 bits per heavy atom. The summed E-state index contributed by atoms with van der Waals surface area (Å²) in [4.78, 5) is 31.6. The molecule has 0 unspecified atom stereocenters. The first kappa shape index (κ1) is 20.1. The topological polar surface area (TPSA) is 53.1 Å². The molecule has 28 heavy (non-hydrogen) atoms. The Morgan fingerprint density at radius 2 is 1.71 bits per heavy atom. The lowest BCUT2D eigenvalue weighted by Gasteiger charge is -2.34. The molecule has 1 aromatic carbocycles. The Labute approximate surface area is 167 Å². The highest BCUT2D eigenvalue weighted by Crippen LogP contribution is 2.33. The second-order valence-electron chi connectivity index (χ2n) is 7.75. The van der Waals surface area contributed by atoms with E-state index in [0.29, 0.717) is 23.8 Å². The Hall–Kier alpha value is -2.60. The molecule has 0 aliphatic carbocycles. The summed E-state index contributed by atoms with van der Waals surface area (Å²) in [6, 6.07) is 7.45. The van der Waals surface area contributed by atoms with Gasteiger partial charge in [0, 0.05) is 32.7 Å². The predicted molar refractivity (Wildman–Crippen MR) is 110 cm³/mol. The maximum atomic E-state index is 13.1. The number of carbonyl (C=O) groups excluding carboxylic acids is 2. The first-order valence-corrected chi connectivity index (χ1v) is 9.80. The fourth-order valence-electron chi connectivity index (χ4n) is 3.42. The lowest BCUT2D eigenvalue weighted by Crippen LogP contribution is -2.46. The van der Waals surface area contributed by atoms with Crippen molar-refractivity contribution in [1.82, 2.24) is 14.7 Å². The molecule has 2 aliphatic rings. The van der Waals surface area contributed by atoms with E-state index in [9.17, 15) is 9.59 Å². The number of carbonyl (C=O) groups is 2. The zero-order chi connectivity index (χ0) is 20.3. The van der Waals surface area contributed by atoms with Gasteiger partial charge in [0.1, 0.15) is 11.4 Å². The monoisotopic (exact) mass is 383 g/mol. The molecule has 0 aromatic heterocycles. The molecule has 0 spiro atoms. The minimum absolute atomic E-state index is 0.216. The van der Waals surface area contributed by atoms with E-state index in [1.54, 1.807) is 6.08 Å². The molecule has 1 fully saturated rings. The van der Waals surface area contributed by atoms with Crippen molar-refractivity contribution in [2.45, 2.75) is 13.8 Å². The fourth-order valence-corrected chi connectivity index (χ4v) is 3.42. The summed E-state index contributed by atoms with van der Waals surface area (Å²) in [5, 5.41) is 0.